The summed E-state index contributed by atoms with van der Waals surface area (Å²) in [6.45, 7) is 7.28. The highest BCUT2D eigenvalue weighted by Crippen LogP contribution is 2.47. The summed E-state index contributed by atoms with van der Waals surface area (Å²) < 4.78 is 33.9. The summed E-state index contributed by atoms with van der Waals surface area (Å²) >= 11 is 2.18. The Kier molecular flexibility index (Phi) is 9.84. The molecule has 230 valence electrons. The average Bonchev–Trinajstić information content (AvgIpc) is 3.84. The van der Waals surface area contributed by atoms with Crippen LogP contribution in [-0.2, 0) is 9.59 Å². The standard InChI is InChI=1S/C33H34FIN4O5/c1-4-39(5-2)16-17-43-30-19-24-26(20-29(30)42-3)36-15-12-27(24)44-28-11-10-23(18-25(28)34)38-32(41)33(13-14-33)31(40)37-22-8-6-21(35)7-9-22/h6-12,15,18-20H,4-5,13-14,16-17H2,1-3H3,(H,37,40)(H,38,41). The number of benzene rings is 3. The van der Waals surface area contributed by atoms with Crippen LogP contribution in [0.2, 0.25) is 0 Å². The molecule has 1 aromatic heterocycles. The number of anilines is 2. The lowest BCUT2D eigenvalue weighted by Gasteiger charge is -2.19. The van der Waals surface area contributed by atoms with Crippen LogP contribution in [0, 0.1) is 14.8 Å². The lowest BCUT2D eigenvalue weighted by molar-refractivity contribution is -0.131. The number of methoxy groups -OCH3 is 1. The summed E-state index contributed by atoms with van der Waals surface area (Å²) in [6, 6.07) is 16.6. The fourth-order valence-corrected chi connectivity index (χ4v) is 5.17. The van der Waals surface area contributed by atoms with E-state index < -0.39 is 17.1 Å². The third-order valence-corrected chi connectivity index (χ3v) is 8.40. The molecule has 9 nitrogen and oxygen atoms in total. The summed E-state index contributed by atoms with van der Waals surface area (Å²) in [5, 5.41) is 6.13. The number of halogens is 2. The van der Waals surface area contributed by atoms with Crippen molar-refractivity contribution in [3.05, 3.63) is 76.2 Å². The number of carbonyl (C=O) groups is 2. The number of amides is 2. The molecule has 0 spiro atoms. The molecule has 0 bridgehead atoms. The van der Waals surface area contributed by atoms with Crippen molar-refractivity contribution in [2.24, 2.45) is 5.41 Å². The number of likely N-dealkylation sites (N-methyl/N-ethyl adjacent to an activating group) is 1. The first-order valence-corrected chi connectivity index (χ1v) is 15.5. The summed E-state index contributed by atoms with van der Waals surface area (Å²) in [4.78, 5) is 32.7. The predicted molar refractivity (Wildman–Crippen MR) is 176 cm³/mol. The molecule has 0 aliphatic heterocycles. The molecule has 0 unspecified atom stereocenters. The largest absolute Gasteiger partial charge is 0.493 e. The fourth-order valence-electron chi connectivity index (χ4n) is 4.81. The van der Waals surface area contributed by atoms with Crippen molar-refractivity contribution in [1.29, 1.82) is 0 Å². The normalized spacial score (nSPS) is 13.4. The highest BCUT2D eigenvalue weighted by molar-refractivity contribution is 14.1. The molecule has 1 heterocycles. The number of nitrogens with zero attached hydrogens (tertiary/aromatic N) is 2. The minimum absolute atomic E-state index is 0.0343. The minimum atomic E-state index is -1.18. The number of rotatable bonds is 13. The smallest absolute Gasteiger partial charge is 0.240 e. The lowest BCUT2D eigenvalue weighted by Crippen LogP contribution is -2.35. The Morgan fingerprint density at radius 1 is 0.909 bits per heavy atom. The van der Waals surface area contributed by atoms with E-state index >= 15 is 4.39 Å². The molecule has 1 fully saturated rings. The number of carbonyl (C=O) groups excluding carboxylic acids is 2. The highest BCUT2D eigenvalue weighted by Gasteiger charge is 2.56. The van der Waals surface area contributed by atoms with E-state index in [2.05, 4.69) is 57.0 Å². The highest BCUT2D eigenvalue weighted by atomic mass is 127. The molecule has 1 aliphatic carbocycles. The first-order valence-electron chi connectivity index (χ1n) is 14.4. The Morgan fingerprint density at radius 3 is 2.23 bits per heavy atom. The van der Waals surface area contributed by atoms with Gasteiger partial charge in [-0.15, -0.1) is 0 Å². The van der Waals surface area contributed by atoms with Gasteiger partial charge in [0.1, 0.15) is 17.8 Å². The Hall–Kier alpha value is -3.97. The average molecular weight is 713 g/mol. The van der Waals surface area contributed by atoms with Gasteiger partial charge in [-0.1, -0.05) is 13.8 Å². The zero-order chi connectivity index (χ0) is 31.3. The topological polar surface area (TPSA) is 102 Å². The number of hydrogen-bond acceptors (Lipinski definition) is 7. The van der Waals surface area contributed by atoms with Gasteiger partial charge in [-0.3, -0.25) is 14.6 Å². The van der Waals surface area contributed by atoms with Crippen LogP contribution in [0.1, 0.15) is 26.7 Å². The van der Waals surface area contributed by atoms with Gasteiger partial charge in [-0.25, -0.2) is 4.39 Å². The number of pyridine rings is 1. The van der Waals surface area contributed by atoms with Crippen molar-refractivity contribution < 1.29 is 28.2 Å². The second kappa shape index (κ2) is 13.8. The van der Waals surface area contributed by atoms with Crippen molar-refractivity contribution in [3.8, 4) is 23.0 Å². The maximum absolute atomic E-state index is 15.3. The number of nitrogens with one attached hydrogen (secondary N) is 2. The van der Waals surface area contributed by atoms with Crippen LogP contribution in [0.25, 0.3) is 10.9 Å². The molecule has 1 aliphatic rings. The molecule has 2 amide bonds. The molecule has 0 radical (unpaired) electrons. The van der Waals surface area contributed by atoms with Crippen LogP contribution in [0.4, 0.5) is 15.8 Å². The van der Waals surface area contributed by atoms with Crippen LogP contribution >= 0.6 is 22.6 Å². The van der Waals surface area contributed by atoms with Crippen LogP contribution < -0.4 is 24.8 Å². The van der Waals surface area contributed by atoms with E-state index in [0.29, 0.717) is 53.3 Å². The molecule has 0 saturated heterocycles. The van der Waals surface area contributed by atoms with E-state index in [9.17, 15) is 9.59 Å². The molecule has 4 aromatic rings. The van der Waals surface area contributed by atoms with Gasteiger partial charge >= 0.3 is 0 Å². The van der Waals surface area contributed by atoms with E-state index in [-0.39, 0.29) is 17.3 Å². The maximum Gasteiger partial charge on any atom is 0.240 e. The molecular weight excluding hydrogens is 678 g/mol. The van der Waals surface area contributed by atoms with Crippen LogP contribution in [0.5, 0.6) is 23.0 Å². The van der Waals surface area contributed by atoms with E-state index in [1.807, 2.05) is 12.1 Å². The van der Waals surface area contributed by atoms with Gasteiger partial charge in [-0.05, 0) is 97.1 Å². The molecular formula is C33H34FIN4O5. The van der Waals surface area contributed by atoms with Gasteiger partial charge in [0, 0.05) is 45.2 Å². The van der Waals surface area contributed by atoms with Gasteiger partial charge in [0.2, 0.25) is 11.8 Å². The van der Waals surface area contributed by atoms with E-state index in [1.165, 1.54) is 18.2 Å². The van der Waals surface area contributed by atoms with Gasteiger partial charge in [0.05, 0.1) is 12.6 Å². The molecule has 5 rings (SSSR count). The lowest BCUT2D eigenvalue weighted by atomic mass is 10.0. The molecule has 1 saturated carbocycles. The first-order chi connectivity index (χ1) is 21.3. The van der Waals surface area contributed by atoms with Crippen molar-refractivity contribution in [2.75, 3.05) is 44.0 Å². The van der Waals surface area contributed by atoms with Gasteiger partial charge in [-0.2, -0.15) is 0 Å². The number of hydrogen-bond donors (Lipinski definition) is 2. The summed E-state index contributed by atoms with van der Waals surface area (Å²) in [7, 11) is 1.57. The second-order valence-corrected chi connectivity index (χ2v) is 11.7. The summed E-state index contributed by atoms with van der Waals surface area (Å²) in [5.41, 5.74) is 0.249. The molecule has 0 atom stereocenters. The van der Waals surface area contributed by atoms with Gasteiger partial charge in [0.15, 0.2) is 23.1 Å². The fraction of sp³-hybridized carbons (Fsp3) is 0.303. The van der Waals surface area contributed by atoms with Crippen molar-refractivity contribution >= 4 is 56.7 Å². The van der Waals surface area contributed by atoms with Crippen LogP contribution in [0.3, 0.4) is 0 Å². The number of fused-ring (bicyclic) bond motifs is 1. The third-order valence-electron chi connectivity index (χ3n) is 7.68. The second-order valence-electron chi connectivity index (χ2n) is 10.4. The van der Waals surface area contributed by atoms with Crippen molar-refractivity contribution in [1.82, 2.24) is 9.88 Å². The quantitative estimate of drug-likeness (QED) is 0.115. The predicted octanol–water partition coefficient (Wildman–Crippen LogP) is 6.86. The van der Waals surface area contributed by atoms with Gasteiger partial charge in [0.25, 0.3) is 0 Å². The Balaban J connectivity index is 1.29. The summed E-state index contributed by atoms with van der Waals surface area (Å²) in [5.74, 6) is -0.119. The summed E-state index contributed by atoms with van der Waals surface area (Å²) in [6.07, 6.45) is 2.40. The zero-order valence-electron chi connectivity index (χ0n) is 24.8. The van der Waals surface area contributed by atoms with E-state index in [4.69, 9.17) is 14.2 Å². The van der Waals surface area contributed by atoms with E-state index in [0.717, 1.165) is 23.2 Å². The SMILES string of the molecule is CCN(CC)CCOc1cc2c(Oc3ccc(NC(=O)C4(C(=O)Nc5ccc(I)cc5)CC4)cc3F)ccnc2cc1OC. The third kappa shape index (κ3) is 7.05. The minimum Gasteiger partial charge on any atom is -0.493 e. The zero-order valence-corrected chi connectivity index (χ0v) is 26.9. The maximum atomic E-state index is 15.3. The molecule has 3 aromatic carbocycles. The van der Waals surface area contributed by atoms with E-state index in [1.54, 1.807) is 43.6 Å². The molecule has 11 heteroatoms. The van der Waals surface area contributed by atoms with Crippen molar-refractivity contribution in [3.63, 3.8) is 0 Å². The van der Waals surface area contributed by atoms with Crippen molar-refractivity contribution in [2.45, 2.75) is 26.7 Å². The Morgan fingerprint density at radius 2 is 1.59 bits per heavy atom. The number of ether oxygens (including phenoxy) is 3. The molecule has 44 heavy (non-hydrogen) atoms. The molecule has 2 N–H and O–H groups in total. The van der Waals surface area contributed by atoms with Gasteiger partial charge < -0.3 is 29.7 Å². The first kappa shape index (κ1) is 31.5. The number of aromatic nitrogens is 1. The Labute approximate surface area is 269 Å². The van der Waals surface area contributed by atoms with Crippen LogP contribution in [-0.4, -0.2) is 55.0 Å². The Bertz CT molecular complexity index is 1660. The monoisotopic (exact) mass is 712 g/mol. The van der Waals surface area contributed by atoms with Crippen LogP contribution in [0.15, 0.2) is 66.9 Å².